The molecule has 0 saturated heterocycles. The molecule has 0 bridgehead atoms. The van der Waals surface area contributed by atoms with Crippen molar-refractivity contribution >= 4 is 5.97 Å². The third kappa shape index (κ3) is 4.64. The van der Waals surface area contributed by atoms with Crippen LogP contribution in [0.5, 0.6) is 0 Å². The topological polar surface area (TPSA) is 58.6 Å². The smallest absolute Gasteiger partial charge is 0.308 e. The van der Waals surface area contributed by atoms with E-state index in [0.29, 0.717) is 12.6 Å². The maximum atomic E-state index is 11.7. The van der Waals surface area contributed by atoms with Crippen LogP contribution in [0.3, 0.4) is 0 Å². The summed E-state index contributed by atoms with van der Waals surface area (Å²) in [7, 11) is 0. The lowest BCUT2D eigenvalue weighted by Crippen LogP contribution is -2.43. The van der Waals surface area contributed by atoms with Crippen molar-refractivity contribution in [2.75, 3.05) is 13.2 Å². The van der Waals surface area contributed by atoms with Gasteiger partial charge in [0.25, 0.3) is 0 Å². The van der Waals surface area contributed by atoms with Crippen molar-refractivity contribution in [3.63, 3.8) is 0 Å². The first-order valence-corrected chi connectivity index (χ1v) is 6.74. The predicted molar refractivity (Wildman–Crippen MR) is 66.7 cm³/mol. The molecule has 0 aliphatic heterocycles. The highest BCUT2D eigenvalue weighted by atomic mass is 16.5. The van der Waals surface area contributed by atoms with Crippen molar-refractivity contribution < 1.29 is 14.6 Å². The lowest BCUT2D eigenvalue weighted by molar-refractivity contribution is -0.149. The van der Waals surface area contributed by atoms with E-state index in [-0.39, 0.29) is 24.5 Å². The Hall–Kier alpha value is -0.610. The van der Waals surface area contributed by atoms with Crippen molar-refractivity contribution in [2.24, 2.45) is 5.92 Å². The average Bonchev–Trinajstić information content (AvgIpc) is 2.36. The maximum absolute atomic E-state index is 11.7. The van der Waals surface area contributed by atoms with Gasteiger partial charge in [0.1, 0.15) is 0 Å². The zero-order chi connectivity index (χ0) is 12.7. The summed E-state index contributed by atoms with van der Waals surface area (Å²) in [6.07, 6.45) is 4.84. The molecule has 1 fully saturated rings. The highest BCUT2D eigenvalue weighted by Gasteiger charge is 2.28. The van der Waals surface area contributed by atoms with Crippen molar-refractivity contribution in [2.45, 2.75) is 58.0 Å². The average molecular weight is 243 g/mol. The Balaban J connectivity index is 2.40. The van der Waals surface area contributed by atoms with E-state index in [1.807, 2.05) is 6.92 Å². The van der Waals surface area contributed by atoms with Crippen LogP contribution >= 0.6 is 0 Å². The number of carbonyl (C=O) groups is 1. The summed E-state index contributed by atoms with van der Waals surface area (Å²) in [4.78, 5) is 11.7. The molecule has 0 amide bonds. The Morgan fingerprint density at radius 2 is 2.24 bits per heavy atom. The molecule has 0 radical (unpaired) electrons. The minimum absolute atomic E-state index is 0.0393. The molecule has 0 heterocycles. The molecule has 0 aromatic heterocycles. The van der Waals surface area contributed by atoms with Crippen LogP contribution in [0.2, 0.25) is 0 Å². The fraction of sp³-hybridized carbons (Fsp3) is 0.923. The van der Waals surface area contributed by atoms with Gasteiger partial charge in [-0.1, -0.05) is 13.3 Å². The van der Waals surface area contributed by atoms with Gasteiger partial charge in [0, 0.05) is 12.1 Å². The third-order valence-electron chi connectivity index (χ3n) is 3.48. The van der Waals surface area contributed by atoms with Gasteiger partial charge in [-0.2, -0.15) is 0 Å². The Bertz CT molecular complexity index is 229. The minimum atomic E-state index is -0.0592. The van der Waals surface area contributed by atoms with E-state index in [1.165, 1.54) is 0 Å². The molecule has 100 valence electrons. The second-order valence-corrected chi connectivity index (χ2v) is 4.77. The Morgan fingerprint density at radius 3 is 2.82 bits per heavy atom. The normalized spacial score (nSPS) is 26.5. The van der Waals surface area contributed by atoms with E-state index in [4.69, 9.17) is 9.84 Å². The lowest BCUT2D eigenvalue weighted by atomic mass is 9.85. The number of esters is 1. The van der Waals surface area contributed by atoms with Crippen LogP contribution in [0.4, 0.5) is 0 Å². The Labute approximate surface area is 104 Å². The van der Waals surface area contributed by atoms with Crippen LogP contribution in [-0.2, 0) is 9.53 Å². The van der Waals surface area contributed by atoms with Crippen molar-refractivity contribution in [1.29, 1.82) is 0 Å². The van der Waals surface area contributed by atoms with Gasteiger partial charge in [-0.05, 0) is 32.6 Å². The minimum Gasteiger partial charge on any atom is -0.466 e. The molecule has 1 rings (SSSR count). The van der Waals surface area contributed by atoms with E-state index < -0.39 is 0 Å². The van der Waals surface area contributed by atoms with E-state index in [9.17, 15) is 4.79 Å². The standard InChI is InChI=1S/C13H25NO3/c1-3-11(9-15)14-12-7-5-6-10(8-12)13(16)17-4-2/h10-12,14-15H,3-9H2,1-2H3. The molecule has 1 aliphatic rings. The second kappa shape index (κ2) is 7.67. The van der Waals surface area contributed by atoms with Gasteiger partial charge in [-0.25, -0.2) is 0 Å². The van der Waals surface area contributed by atoms with Crippen molar-refractivity contribution in [3.05, 3.63) is 0 Å². The maximum Gasteiger partial charge on any atom is 0.308 e. The SMILES string of the molecule is CCOC(=O)C1CCCC(NC(CC)CO)C1. The molecule has 4 heteroatoms. The van der Waals surface area contributed by atoms with Gasteiger partial charge in [-0.15, -0.1) is 0 Å². The summed E-state index contributed by atoms with van der Waals surface area (Å²) in [6.45, 7) is 4.52. The van der Waals surface area contributed by atoms with E-state index >= 15 is 0 Å². The highest BCUT2D eigenvalue weighted by molar-refractivity contribution is 5.72. The second-order valence-electron chi connectivity index (χ2n) is 4.77. The number of hydrogen-bond acceptors (Lipinski definition) is 4. The number of aliphatic hydroxyl groups excluding tert-OH is 1. The fourth-order valence-corrected chi connectivity index (χ4v) is 2.45. The van der Waals surface area contributed by atoms with Gasteiger partial charge in [0.05, 0.1) is 19.1 Å². The van der Waals surface area contributed by atoms with Crippen LogP contribution in [0.15, 0.2) is 0 Å². The lowest BCUT2D eigenvalue weighted by Gasteiger charge is -2.31. The van der Waals surface area contributed by atoms with Gasteiger partial charge in [0.2, 0.25) is 0 Å². The van der Waals surface area contributed by atoms with Gasteiger partial charge in [0.15, 0.2) is 0 Å². The molecular formula is C13H25NO3. The molecule has 17 heavy (non-hydrogen) atoms. The van der Waals surface area contributed by atoms with Crippen LogP contribution in [0.1, 0.15) is 46.0 Å². The quantitative estimate of drug-likeness (QED) is 0.694. The van der Waals surface area contributed by atoms with Gasteiger partial charge < -0.3 is 15.2 Å². The van der Waals surface area contributed by atoms with E-state index in [0.717, 1.165) is 32.1 Å². The molecule has 4 nitrogen and oxygen atoms in total. The first kappa shape index (κ1) is 14.5. The Morgan fingerprint density at radius 1 is 1.47 bits per heavy atom. The molecule has 0 aromatic carbocycles. The summed E-state index contributed by atoms with van der Waals surface area (Å²) in [5, 5.41) is 12.6. The van der Waals surface area contributed by atoms with Crippen molar-refractivity contribution in [1.82, 2.24) is 5.32 Å². The summed E-state index contributed by atoms with van der Waals surface area (Å²) in [5.41, 5.74) is 0. The number of aliphatic hydroxyl groups is 1. The summed E-state index contributed by atoms with van der Waals surface area (Å²) in [5.74, 6) is -0.0200. The molecule has 0 aromatic rings. The zero-order valence-corrected chi connectivity index (χ0v) is 10.9. The number of nitrogens with one attached hydrogen (secondary N) is 1. The number of carbonyl (C=O) groups excluding carboxylic acids is 1. The first-order valence-electron chi connectivity index (χ1n) is 6.74. The van der Waals surface area contributed by atoms with E-state index in [1.54, 1.807) is 0 Å². The monoisotopic (exact) mass is 243 g/mol. The molecule has 3 unspecified atom stereocenters. The van der Waals surface area contributed by atoms with Crippen LogP contribution in [0, 0.1) is 5.92 Å². The molecule has 0 spiro atoms. The summed E-state index contributed by atoms with van der Waals surface area (Å²) >= 11 is 0. The van der Waals surface area contributed by atoms with Crippen LogP contribution in [0.25, 0.3) is 0 Å². The highest BCUT2D eigenvalue weighted by Crippen LogP contribution is 2.25. The first-order chi connectivity index (χ1) is 8.21. The molecule has 3 atom stereocenters. The zero-order valence-electron chi connectivity index (χ0n) is 10.9. The summed E-state index contributed by atoms with van der Waals surface area (Å²) < 4.78 is 5.07. The molecule has 1 aliphatic carbocycles. The number of ether oxygens (including phenoxy) is 1. The third-order valence-corrected chi connectivity index (χ3v) is 3.48. The van der Waals surface area contributed by atoms with Gasteiger partial charge in [-0.3, -0.25) is 4.79 Å². The molecular weight excluding hydrogens is 218 g/mol. The van der Waals surface area contributed by atoms with Crippen LogP contribution in [-0.4, -0.2) is 36.4 Å². The molecule has 1 saturated carbocycles. The summed E-state index contributed by atoms with van der Waals surface area (Å²) in [6, 6.07) is 0.496. The number of hydrogen-bond donors (Lipinski definition) is 2. The fourth-order valence-electron chi connectivity index (χ4n) is 2.45. The van der Waals surface area contributed by atoms with Gasteiger partial charge >= 0.3 is 5.97 Å². The van der Waals surface area contributed by atoms with E-state index in [2.05, 4.69) is 12.2 Å². The number of rotatable bonds is 6. The predicted octanol–water partition coefficient (Wildman–Crippen LogP) is 1.47. The molecule has 2 N–H and O–H groups in total. The van der Waals surface area contributed by atoms with Crippen LogP contribution < -0.4 is 5.32 Å². The van der Waals surface area contributed by atoms with Crippen molar-refractivity contribution in [3.8, 4) is 0 Å². The largest absolute Gasteiger partial charge is 0.466 e. The Kier molecular flexibility index (Phi) is 6.52.